The lowest BCUT2D eigenvalue weighted by atomic mass is 10.3. The van der Waals surface area contributed by atoms with E-state index < -0.39 is 12.1 Å². The van der Waals surface area contributed by atoms with Crippen molar-refractivity contribution >= 4 is 5.97 Å². The Morgan fingerprint density at radius 3 is 2.67 bits per heavy atom. The van der Waals surface area contributed by atoms with Crippen molar-refractivity contribution in [2.45, 2.75) is 19.1 Å². The normalized spacial score (nSPS) is 15.3. The predicted molar refractivity (Wildman–Crippen MR) is 42.6 cm³/mol. The first-order chi connectivity index (χ1) is 5.61. The van der Waals surface area contributed by atoms with Gasteiger partial charge in [0.2, 0.25) is 0 Å². The molecule has 0 heterocycles. The Bertz CT molecular complexity index is 139. The molecule has 5 heteroatoms. The van der Waals surface area contributed by atoms with E-state index in [0.717, 1.165) is 0 Å². The molecule has 5 nitrogen and oxygen atoms in total. The molecule has 3 N–H and O–H groups in total. The Balaban J connectivity index is 3.56. The lowest BCUT2D eigenvalue weighted by Crippen LogP contribution is -2.40. The van der Waals surface area contributed by atoms with E-state index in [1.807, 2.05) is 0 Å². The van der Waals surface area contributed by atoms with E-state index in [9.17, 15) is 4.79 Å². The summed E-state index contributed by atoms with van der Waals surface area (Å²) in [5.41, 5.74) is 0. The molecule has 0 rings (SSSR count). The number of hydrogen-bond acceptors (Lipinski definition) is 5. The van der Waals surface area contributed by atoms with Crippen molar-refractivity contribution < 1.29 is 19.7 Å². The van der Waals surface area contributed by atoms with Crippen LogP contribution in [-0.2, 0) is 9.53 Å². The van der Waals surface area contributed by atoms with Gasteiger partial charge in [-0.15, -0.1) is 0 Å². The number of methoxy groups -OCH3 is 1. The minimum atomic E-state index is -0.836. The van der Waals surface area contributed by atoms with Gasteiger partial charge in [-0.05, 0) is 6.92 Å². The highest BCUT2D eigenvalue weighted by Gasteiger charge is 2.13. The van der Waals surface area contributed by atoms with Crippen molar-refractivity contribution in [2.24, 2.45) is 0 Å². The van der Waals surface area contributed by atoms with Gasteiger partial charge in [-0.1, -0.05) is 0 Å². The van der Waals surface area contributed by atoms with E-state index in [-0.39, 0.29) is 19.1 Å². The molecule has 0 fully saturated rings. The maximum atomic E-state index is 10.8. The average molecular weight is 177 g/mol. The third-order valence-corrected chi connectivity index (χ3v) is 1.43. The maximum absolute atomic E-state index is 10.8. The second-order valence-corrected chi connectivity index (χ2v) is 2.49. The Labute approximate surface area is 71.3 Å². The molecule has 0 saturated carbocycles. The summed E-state index contributed by atoms with van der Waals surface area (Å²) in [6.45, 7) is 1.48. The molecule has 0 bridgehead atoms. The fourth-order valence-corrected chi connectivity index (χ4v) is 0.637. The monoisotopic (exact) mass is 177 g/mol. The highest BCUT2D eigenvalue weighted by molar-refractivity contribution is 5.75. The molecule has 1 unspecified atom stereocenters. The number of hydrogen-bond donors (Lipinski definition) is 3. The van der Waals surface area contributed by atoms with Crippen molar-refractivity contribution in [3.63, 3.8) is 0 Å². The van der Waals surface area contributed by atoms with Crippen LogP contribution in [0.3, 0.4) is 0 Å². The number of nitrogens with one attached hydrogen (secondary N) is 1. The Hall–Kier alpha value is -0.650. The topological polar surface area (TPSA) is 78.8 Å². The van der Waals surface area contributed by atoms with Crippen molar-refractivity contribution in [1.82, 2.24) is 5.32 Å². The number of ether oxygens (including phenoxy) is 1. The zero-order valence-corrected chi connectivity index (χ0v) is 7.28. The Morgan fingerprint density at radius 2 is 2.25 bits per heavy atom. The lowest BCUT2D eigenvalue weighted by molar-refractivity contribution is -0.142. The van der Waals surface area contributed by atoms with Crippen LogP contribution in [-0.4, -0.2) is 48.6 Å². The second-order valence-electron chi connectivity index (χ2n) is 2.49. The van der Waals surface area contributed by atoms with Crippen LogP contribution in [0.15, 0.2) is 0 Å². The van der Waals surface area contributed by atoms with Crippen LogP contribution in [0.1, 0.15) is 6.92 Å². The van der Waals surface area contributed by atoms with Gasteiger partial charge in [0.15, 0.2) is 0 Å². The summed E-state index contributed by atoms with van der Waals surface area (Å²) < 4.78 is 4.43. The molecule has 0 aliphatic carbocycles. The van der Waals surface area contributed by atoms with Gasteiger partial charge in [-0.3, -0.25) is 4.79 Å². The SMILES string of the molecule is COC(=O)C(C)NC[C@H](O)CO. The van der Waals surface area contributed by atoms with Crippen LogP contribution >= 0.6 is 0 Å². The van der Waals surface area contributed by atoms with Crippen LogP contribution in [0.4, 0.5) is 0 Å². The summed E-state index contributed by atoms with van der Waals surface area (Å²) in [7, 11) is 1.29. The molecule has 0 aromatic rings. The van der Waals surface area contributed by atoms with Crippen molar-refractivity contribution in [2.75, 3.05) is 20.3 Å². The maximum Gasteiger partial charge on any atom is 0.322 e. The summed E-state index contributed by atoms with van der Waals surface area (Å²) in [5, 5.41) is 20.0. The first-order valence-corrected chi connectivity index (χ1v) is 3.72. The van der Waals surface area contributed by atoms with Crippen molar-refractivity contribution in [1.29, 1.82) is 0 Å². The zero-order valence-electron chi connectivity index (χ0n) is 7.28. The van der Waals surface area contributed by atoms with Gasteiger partial charge in [-0.2, -0.15) is 0 Å². The van der Waals surface area contributed by atoms with Crippen LogP contribution in [0.2, 0.25) is 0 Å². The summed E-state index contributed by atoms with van der Waals surface area (Å²) in [4.78, 5) is 10.8. The lowest BCUT2D eigenvalue weighted by Gasteiger charge is -2.13. The van der Waals surface area contributed by atoms with Gasteiger partial charge in [0.05, 0.1) is 19.8 Å². The van der Waals surface area contributed by atoms with Gasteiger partial charge in [0.1, 0.15) is 6.04 Å². The quantitative estimate of drug-likeness (QED) is 0.445. The smallest absolute Gasteiger partial charge is 0.322 e. The molecule has 0 aliphatic rings. The molecule has 0 aliphatic heterocycles. The average Bonchev–Trinajstić information content (AvgIpc) is 2.11. The number of carbonyl (C=O) groups excluding carboxylic acids is 1. The standard InChI is InChI=1S/C7H15NO4/c1-5(7(11)12-2)8-3-6(10)4-9/h5-6,8-10H,3-4H2,1-2H3/t5?,6-/m0/s1. The molecule has 0 radical (unpaired) electrons. The molecule has 2 atom stereocenters. The van der Waals surface area contributed by atoms with E-state index >= 15 is 0 Å². The number of carbonyl (C=O) groups is 1. The summed E-state index contributed by atoms with van der Waals surface area (Å²) in [6.07, 6.45) is -0.836. The predicted octanol–water partition coefficient (Wildman–Crippen LogP) is -1.51. The fourth-order valence-electron chi connectivity index (χ4n) is 0.637. The molecule has 0 aromatic carbocycles. The third-order valence-electron chi connectivity index (χ3n) is 1.43. The molecule has 12 heavy (non-hydrogen) atoms. The largest absolute Gasteiger partial charge is 0.468 e. The van der Waals surface area contributed by atoms with Gasteiger partial charge in [0, 0.05) is 6.54 Å². The van der Waals surface area contributed by atoms with Gasteiger partial charge in [-0.25, -0.2) is 0 Å². The molecular weight excluding hydrogens is 162 g/mol. The Kier molecular flexibility index (Phi) is 5.61. The van der Waals surface area contributed by atoms with Gasteiger partial charge < -0.3 is 20.3 Å². The van der Waals surface area contributed by atoms with E-state index in [4.69, 9.17) is 10.2 Å². The number of aliphatic hydroxyl groups excluding tert-OH is 2. The fraction of sp³-hybridized carbons (Fsp3) is 0.857. The minimum absolute atomic E-state index is 0.173. The third kappa shape index (κ3) is 4.27. The van der Waals surface area contributed by atoms with Gasteiger partial charge >= 0.3 is 5.97 Å². The molecular formula is C7H15NO4. The van der Waals surface area contributed by atoms with E-state index in [2.05, 4.69) is 10.1 Å². The summed E-state index contributed by atoms with van der Waals surface area (Å²) in [5.74, 6) is -0.389. The molecule has 0 aromatic heterocycles. The zero-order chi connectivity index (χ0) is 9.56. The van der Waals surface area contributed by atoms with E-state index in [0.29, 0.717) is 0 Å². The molecule has 0 saturated heterocycles. The number of rotatable bonds is 5. The van der Waals surface area contributed by atoms with Gasteiger partial charge in [0.25, 0.3) is 0 Å². The first-order valence-electron chi connectivity index (χ1n) is 3.72. The summed E-state index contributed by atoms with van der Waals surface area (Å²) >= 11 is 0. The molecule has 72 valence electrons. The highest BCUT2D eigenvalue weighted by Crippen LogP contribution is 1.86. The number of aliphatic hydroxyl groups is 2. The van der Waals surface area contributed by atoms with Crippen molar-refractivity contribution in [3.8, 4) is 0 Å². The van der Waals surface area contributed by atoms with Crippen LogP contribution < -0.4 is 5.32 Å². The van der Waals surface area contributed by atoms with E-state index in [1.165, 1.54) is 7.11 Å². The molecule has 0 spiro atoms. The summed E-state index contributed by atoms with van der Waals surface area (Å²) in [6, 6.07) is -0.462. The second kappa shape index (κ2) is 5.93. The van der Waals surface area contributed by atoms with Crippen molar-refractivity contribution in [3.05, 3.63) is 0 Å². The highest BCUT2D eigenvalue weighted by atomic mass is 16.5. The number of esters is 1. The minimum Gasteiger partial charge on any atom is -0.468 e. The van der Waals surface area contributed by atoms with Crippen LogP contribution in [0.5, 0.6) is 0 Å². The first kappa shape index (κ1) is 11.4. The van der Waals surface area contributed by atoms with E-state index in [1.54, 1.807) is 6.92 Å². The van der Waals surface area contributed by atoms with Crippen LogP contribution in [0, 0.1) is 0 Å². The van der Waals surface area contributed by atoms with Crippen LogP contribution in [0.25, 0.3) is 0 Å². The molecule has 0 amide bonds. The Morgan fingerprint density at radius 1 is 1.67 bits per heavy atom.